The molecular formula is C15H20ClNO2. The van der Waals surface area contributed by atoms with E-state index < -0.39 is 6.10 Å². The maximum atomic E-state index is 11.8. The van der Waals surface area contributed by atoms with Gasteiger partial charge in [-0.2, -0.15) is 0 Å². The Morgan fingerprint density at radius 1 is 1.53 bits per heavy atom. The Kier molecular flexibility index (Phi) is 6.06. The predicted molar refractivity (Wildman–Crippen MR) is 79.2 cm³/mol. The van der Waals surface area contributed by atoms with Crippen molar-refractivity contribution in [2.45, 2.75) is 26.4 Å². The van der Waals surface area contributed by atoms with Gasteiger partial charge in [0.25, 0.3) is 0 Å². The number of hydrogen-bond donors (Lipinski definition) is 1. The van der Waals surface area contributed by atoms with Gasteiger partial charge in [-0.3, -0.25) is 4.79 Å². The number of halogens is 1. The summed E-state index contributed by atoms with van der Waals surface area (Å²) in [5, 5.41) is 9.87. The molecule has 1 aromatic rings. The zero-order valence-electron chi connectivity index (χ0n) is 11.6. The van der Waals surface area contributed by atoms with Crippen LogP contribution in [0.15, 0.2) is 24.3 Å². The topological polar surface area (TPSA) is 40.5 Å². The fraction of sp³-hybridized carbons (Fsp3) is 0.400. The van der Waals surface area contributed by atoms with E-state index in [1.54, 1.807) is 24.9 Å². The highest BCUT2D eigenvalue weighted by atomic mass is 35.5. The van der Waals surface area contributed by atoms with Crippen molar-refractivity contribution in [1.29, 1.82) is 0 Å². The first-order valence-electron chi connectivity index (χ1n) is 6.27. The summed E-state index contributed by atoms with van der Waals surface area (Å²) in [5.74, 6) is -0.0858. The number of nitrogens with zero attached hydrogens (tertiary/aromatic N) is 1. The van der Waals surface area contributed by atoms with E-state index in [0.29, 0.717) is 18.0 Å². The van der Waals surface area contributed by atoms with Gasteiger partial charge in [0.05, 0.1) is 6.10 Å². The minimum Gasteiger partial charge on any atom is -0.393 e. The van der Waals surface area contributed by atoms with Crippen molar-refractivity contribution in [2.24, 2.45) is 0 Å². The molecule has 0 radical (unpaired) electrons. The number of carbonyl (C=O) groups excluding carboxylic acids is 1. The van der Waals surface area contributed by atoms with Crippen molar-refractivity contribution in [3.05, 3.63) is 40.4 Å². The molecule has 0 aliphatic rings. The van der Waals surface area contributed by atoms with Gasteiger partial charge in [0.2, 0.25) is 5.91 Å². The zero-order valence-corrected chi connectivity index (χ0v) is 12.3. The molecular weight excluding hydrogens is 262 g/mol. The Morgan fingerprint density at radius 2 is 2.21 bits per heavy atom. The minimum absolute atomic E-state index is 0.0858. The van der Waals surface area contributed by atoms with Crippen molar-refractivity contribution in [3.8, 4) is 0 Å². The quantitative estimate of drug-likeness (QED) is 0.843. The number of hydrogen-bond acceptors (Lipinski definition) is 2. The van der Waals surface area contributed by atoms with Crippen LogP contribution in [0.5, 0.6) is 0 Å². The lowest BCUT2D eigenvalue weighted by Crippen LogP contribution is -2.27. The number of rotatable bonds is 5. The maximum Gasteiger partial charge on any atom is 0.246 e. The normalized spacial score (nSPS) is 12.7. The third kappa shape index (κ3) is 5.45. The van der Waals surface area contributed by atoms with E-state index in [4.69, 9.17) is 11.6 Å². The van der Waals surface area contributed by atoms with Crippen LogP contribution in [0.1, 0.15) is 24.5 Å². The molecule has 4 heteroatoms. The van der Waals surface area contributed by atoms with E-state index >= 15 is 0 Å². The summed E-state index contributed by atoms with van der Waals surface area (Å²) in [5.41, 5.74) is 1.91. The molecule has 1 rings (SSSR count). The van der Waals surface area contributed by atoms with E-state index in [9.17, 15) is 9.90 Å². The average Bonchev–Trinajstić information content (AvgIpc) is 2.36. The van der Waals surface area contributed by atoms with Crippen molar-refractivity contribution in [3.63, 3.8) is 0 Å². The number of benzene rings is 1. The molecule has 0 bridgehead atoms. The van der Waals surface area contributed by atoms with Crippen LogP contribution in [0, 0.1) is 6.92 Å². The smallest absolute Gasteiger partial charge is 0.246 e. The van der Waals surface area contributed by atoms with Gasteiger partial charge < -0.3 is 10.0 Å². The van der Waals surface area contributed by atoms with Crippen molar-refractivity contribution < 1.29 is 9.90 Å². The van der Waals surface area contributed by atoms with Crippen LogP contribution in [0.3, 0.4) is 0 Å². The summed E-state index contributed by atoms with van der Waals surface area (Å²) < 4.78 is 0. The molecule has 3 nitrogen and oxygen atoms in total. The highest BCUT2D eigenvalue weighted by molar-refractivity contribution is 6.31. The van der Waals surface area contributed by atoms with Gasteiger partial charge in [-0.15, -0.1) is 0 Å². The Labute approximate surface area is 119 Å². The van der Waals surface area contributed by atoms with Crippen LogP contribution in [0.4, 0.5) is 0 Å². The van der Waals surface area contributed by atoms with Gasteiger partial charge in [0.15, 0.2) is 0 Å². The maximum absolute atomic E-state index is 11.8. The zero-order chi connectivity index (χ0) is 14.4. The Bertz CT molecular complexity index is 469. The highest BCUT2D eigenvalue weighted by Crippen LogP contribution is 2.17. The van der Waals surface area contributed by atoms with Crippen LogP contribution in [-0.4, -0.2) is 35.6 Å². The lowest BCUT2D eigenvalue weighted by atomic mass is 10.1. The SMILES string of the molecule is Cc1ccc(/C=C/C(=O)N(C)CCC(C)O)cc1Cl. The van der Waals surface area contributed by atoms with Crippen molar-refractivity contribution in [2.75, 3.05) is 13.6 Å². The number of aliphatic hydroxyl groups excluding tert-OH is 1. The van der Waals surface area contributed by atoms with Crippen molar-refractivity contribution >= 4 is 23.6 Å². The molecule has 19 heavy (non-hydrogen) atoms. The lowest BCUT2D eigenvalue weighted by Gasteiger charge is -2.15. The van der Waals surface area contributed by atoms with Gasteiger partial charge >= 0.3 is 0 Å². The Morgan fingerprint density at radius 3 is 2.79 bits per heavy atom. The summed E-state index contributed by atoms with van der Waals surface area (Å²) in [4.78, 5) is 13.4. The molecule has 0 saturated carbocycles. The largest absolute Gasteiger partial charge is 0.393 e. The first kappa shape index (κ1) is 15.7. The summed E-state index contributed by atoms with van der Waals surface area (Å²) >= 11 is 6.02. The van der Waals surface area contributed by atoms with Crippen LogP contribution in [-0.2, 0) is 4.79 Å². The number of carbonyl (C=O) groups is 1. The molecule has 0 aliphatic heterocycles. The molecule has 0 heterocycles. The first-order chi connectivity index (χ1) is 8.90. The van der Waals surface area contributed by atoms with Crippen LogP contribution < -0.4 is 0 Å². The summed E-state index contributed by atoms with van der Waals surface area (Å²) in [7, 11) is 1.72. The predicted octanol–water partition coefficient (Wildman–Crippen LogP) is 2.89. The molecule has 0 saturated heterocycles. The average molecular weight is 282 g/mol. The van der Waals surface area contributed by atoms with Crippen LogP contribution >= 0.6 is 11.6 Å². The minimum atomic E-state index is -0.393. The molecule has 104 valence electrons. The summed E-state index contributed by atoms with van der Waals surface area (Å²) in [6.07, 6.45) is 3.44. The molecule has 0 fully saturated rings. The molecule has 0 aromatic heterocycles. The van der Waals surface area contributed by atoms with Crippen LogP contribution in [0.2, 0.25) is 5.02 Å². The molecule has 1 N–H and O–H groups in total. The molecule has 0 spiro atoms. The Balaban J connectivity index is 2.60. The number of aliphatic hydroxyl groups is 1. The van der Waals surface area contributed by atoms with E-state index in [1.807, 2.05) is 25.1 Å². The third-order valence-corrected chi connectivity index (χ3v) is 3.28. The summed E-state index contributed by atoms with van der Waals surface area (Å²) in [6.45, 7) is 4.18. The van der Waals surface area contributed by atoms with E-state index in [0.717, 1.165) is 11.1 Å². The van der Waals surface area contributed by atoms with E-state index in [-0.39, 0.29) is 5.91 Å². The van der Waals surface area contributed by atoms with Gasteiger partial charge in [-0.1, -0.05) is 23.7 Å². The Hall–Kier alpha value is -1.32. The van der Waals surface area contributed by atoms with Gasteiger partial charge in [-0.05, 0) is 43.5 Å². The summed E-state index contributed by atoms with van der Waals surface area (Å²) in [6, 6.07) is 5.67. The molecule has 1 unspecified atom stereocenters. The molecule has 1 amide bonds. The highest BCUT2D eigenvalue weighted by Gasteiger charge is 2.06. The molecule has 1 atom stereocenters. The second kappa shape index (κ2) is 7.31. The number of amides is 1. The van der Waals surface area contributed by atoms with E-state index in [1.165, 1.54) is 6.08 Å². The first-order valence-corrected chi connectivity index (χ1v) is 6.65. The van der Waals surface area contributed by atoms with E-state index in [2.05, 4.69) is 0 Å². The fourth-order valence-electron chi connectivity index (χ4n) is 1.50. The van der Waals surface area contributed by atoms with Gasteiger partial charge in [0, 0.05) is 24.7 Å². The number of likely N-dealkylation sites (N-methyl/N-ethyl adjacent to an activating group) is 1. The second-order valence-electron chi connectivity index (χ2n) is 4.74. The fourth-order valence-corrected chi connectivity index (χ4v) is 1.69. The molecule has 0 aliphatic carbocycles. The van der Waals surface area contributed by atoms with Crippen molar-refractivity contribution in [1.82, 2.24) is 4.90 Å². The van der Waals surface area contributed by atoms with Gasteiger partial charge in [0.1, 0.15) is 0 Å². The van der Waals surface area contributed by atoms with Gasteiger partial charge in [-0.25, -0.2) is 0 Å². The second-order valence-corrected chi connectivity index (χ2v) is 5.15. The molecule has 1 aromatic carbocycles. The monoisotopic (exact) mass is 281 g/mol. The van der Waals surface area contributed by atoms with Crippen LogP contribution in [0.25, 0.3) is 6.08 Å². The standard InChI is InChI=1S/C15H20ClNO2/c1-11-4-5-13(10-14(11)16)6-7-15(19)17(3)9-8-12(2)18/h4-7,10,12,18H,8-9H2,1-3H3/b7-6+. The number of aryl methyl sites for hydroxylation is 1. The lowest BCUT2D eigenvalue weighted by molar-refractivity contribution is -0.124. The third-order valence-electron chi connectivity index (χ3n) is 2.87.